The summed E-state index contributed by atoms with van der Waals surface area (Å²) in [5.41, 5.74) is 5.68. The average molecular weight is 878 g/mol. The van der Waals surface area contributed by atoms with Crippen molar-refractivity contribution in [2.75, 3.05) is 78.9 Å². The van der Waals surface area contributed by atoms with Crippen LogP contribution < -0.4 is 21.7 Å². The number of nitrogens with one attached hydrogen (secondary N) is 3. The summed E-state index contributed by atoms with van der Waals surface area (Å²) in [7, 11) is 0. The smallest absolute Gasteiger partial charge is 0.237 e. The first-order valence-electron chi connectivity index (χ1n) is 19.6. The van der Waals surface area contributed by atoms with E-state index >= 15 is 0 Å². The van der Waals surface area contributed by atoms with Crippen LogP contribution in [0.25, 0.3) is 0 Å². The predicted molar refractivity (Wildman–Crippen MR) is 196 cm³/mol. The van der Waals surface area contributed by atoms with Gasteiger partial charge in [-0.3, -0.25) is 19.3 Å². The van der Waals surface area contributed by atoms with Crippen molar-refractivity contribution in [3.63, 3.8) is 0 Å². The molecule has 0 bridgehead atoms. The molecule has 3 heterocycles. The Balaban J connectivity index is 1.64. The lowest BCUT2D eigenvalue weighted by molar-refractivity contribution is -0.300. The van der Waals surface area contributed by atoms with E-state index in [4.69, 9.17) is 34.2 Å². The van der Waals surface area contributed by atoms with Gasteiger partial charge in [-0.25, -0.2) is 0 Å². The summed E-state index contributed by atoms with van der Waals surface area (Å²) in [5, 5.41) is 127. The molecule has 3 aliphatic rings. The summed E-state index contributed by atoms with van der Waals surface area (Å²) >= 11 is 0. The van der Waals surface area contributed by atoms with Gasteiger partial charge in [0, 0.05) is 19.6 Å². The highest BCUT2D eigenvalue weighted by molar-refractivity contribution is 5.86. The molecule has 60 heavy (non-hydrogen) atoms. The molecular formula is C34H63N5O21. The van der Waals surface area contributed by atoms with E-state index in [0.717, 1.165) is 0 Å². The van der Waals surface area contributed by atoms with Crippen molar-refractivity contribution in [3.05, 3.63) is 0 Å². The van der Waals surface area contributed by atoms with Crippen LogP contribution in [0, 0.1) is 0 Å². The molecule has 350 valence electrons. The molecule has 17 N–H and O–H groups in total. The Bertz CT molecular complexity index is 1220. The third kappa shape index (κ3) is 14.9. The molecule has 0 aliphatic carbocycles. The first-order chi connectivity index (χ1) is 28.6. The van der Waals surface area contributed by atoms with Crippen LogP contribution in [0.1, 0.15) is 19.3 Å². The highest BCUT2D eigenvalue weighted by Crippen LogP contribution is 2.24. The van der Waals surface area contributed by atoms with E-state index in [9.17, 15) is 75.7 Å². The van der Waals surface area contributed by atoms with Crippen molar-refractivity contribution in [2.45, 2.75) is 117 Å². The zero-order valence-electron chi connectivity index (χ0n) is 32.9. The summed E-state index contributed by atoms with van der Waals surface area (Å²) in [5.74, 6) is -2.02. The lowest BCUT2D eigenvalue weighted by Gasteiger charge is -2.39. The maximum Gasteiger partial charge on any atom is 0.237 e. The van der Waals surface area contributed by atoms with Crippen LogP contribution in [0.2, 0.25) is 0 Å². The van der Waals surface area contributed by atoms with E-state index < -0.39 is 149 Å². The predicted octanol–water partition coefficient (Wildman–Crippen LogP) is -10.4. The van der Waals surface area contributed by atoms with E-state index in [-0.39, 0.29) is 52.4 Å². The van der Waals surface area contributed by atoms with Crippen molar-refractivity contribution in [1.82, 2.24) is 20.9 Å². The van der Waals surface area contributed by atoms with Crippen molar-refractivity contribution in [1.29, 1.82) is 0 Å². The molecule has 0 aromatic carbocycles. The lowest BCUT2D eigenvalue weighted by atomic mass is 9.99. The number of carbonyl (C=O) groups is 3. The number of nitrogens with zero attached hydrogens (tertiary/aromatic N) is 1. The second-order valence-electron chi connectivity index (χ2n) is 14.4. The summed E-state index contributed by atoms with van der Waals surface area (Å²) in [4.78, 5) is 41.4. The number of hydrogen-bond donors (Lipinski definition) is 16. The first-order valence-corrected chi connectivity index (χ1v) is 19.6. The van der Waals surface area contributed by atoms with E-state index in [0.29, 0.717) is 12.8 Å². The highest BCUT2D eigenvalue weighted by Gasteiger charge is 2.46. The zero-order chi connectivity index (χ0) is 44.5. The summed E-state index contributed by atoms with van der Waals surface area (Å²) < 4.78 is 32.1. The van der Waals surface area contributed by atoms with Crippen LogP contribution in [0.5, 0.6) is 0 Å². The quantitative estimate of drug-likeness (QED) is 0.0379. The average Bonchev–Trinajstić information content (AvgIpc) is 3.23. The topological polar surface area (TPSA) is 415 Å². The number of aliphatic hydroxyl groups excluding tert-OH is 12. The van der Waals surface area contributed by atoms with Gasteiger partial charge in [-0.1, -0.05) is 6.42 Å². The van der Waals surface area contributed by atoms with Gasteiger partial charge in [-0.2, -0.15) is 0 Å². The fourth-order valence-corrected chi connectivity index (χ4v) is 6.53. The molecule has 0 spiro atoms. The second kappa shape index (κ2) is 26.3. The monoisotopic (exact) mass is 877 g/mol. The normalized spacial score (nSPS) is 35.2. The zero-order valence-corrected chi connectivity index (χ0v) is 32.9. The fraction of sp³-hybridized carbons (Fsp3) is 0.912. The third-order valence-electron chi connectivity index (χ3n) is 10.0. The van der Waals surface area contributed by atoms with Gasteiger partial charge >= 0.3 is 0 Å². The maximum absolute atomic E-state index is 13.7. The van der Waals surface area contributed by atoms with Crippen molar-refractivity contribution in [2.24, 2.45) is 5.73 Å². The van der Waals surface area contributed by atoms with Gasteiger partial charge in [0.2, 0.25) is 17.7 Å². The number of aliphatic hydroxyl groups is 12. The van der Waals surface area contributed by atoms with Crippen LogP contribution in [0.15, 0.2) is 0 Å². The third-order valence-corrected chi connectivity index (χ3v) is 10.0. The summed E-state index contributed by atoms with van der Waals surface area (Å²) in [6, 6.07) is -1.13. The Hall–Kier alpha value is -2.39. The molecule has 3 saturated heterocycles. The van der Waals surface area contributed by atoms with Crippen LogP contribution in [-0.2, 0) is 42.8 Å². The molecule has 16 atom stereocenters. The number of carbonyl (C=O) groups excluding carboxylic acids is 3. The van der Waals surface area contributed by atoms with Crippen molar-refractivity contribution >= 4 is 17.7 Å². The molecule has 3 fully saturated rings. The number of ether oxygens (including phenoxy) is 6. The van der Waals surface area contributed by atoms with Gasteiger partial charge < -0.3 is 111 Å². The van der Waals surface area contributed by atoms with Gasteiger partial charge in [0.05, 0.1) is 58.8 Å². The van der Waals surface area contributed by atoms with Gasteiger partial charge in [0.15, 0.2) is 18.9 Å². The highest BCUT2D eigenvalue weighted by atomic mass is 16.7. The van der Waals surface area contributed by atoms with Crippen molar-refractivity contribution in [3.8, 4) is 0 Å². The number of nitrogens with two attached hydrogens (primary N) is 1. The fourth-order valence-electron chi connectivity index (χ4n) is 6.53. The summed E-state index contributed by atoms with van der Waals surface area (Å²) in [6.07, 6.45) is -22.0. The minimum atomic E-state index is -1.69. The Morgan fingerprint density at radius 2 is 0.883 bits per heavy atom. The Labute approximate surface area is 344 Å². The largest absolute Gasteiger partial charge is 0.394 e. The number of amides is 3. The van der Waals surface area contributed by atoms with E-state index in [1.165, 1.54) is 4.90 Å². The molecule has 3 rings (SSSR count). The molecule has 0 aromatic rings. The summed E-state index contributed by atoms with van der Waals surface area (Å²) in [6.45, 7) is -4.26. The molecular weight excluding hydrogens is 814 g/mol. The number of rotatable bonds is 25. The molecule has 0 saturated carbocycles. The SMILES string of the molecule is NCCCC[C@@H](C(=O)NCCOC1OC(CO)C(O)C(O)C1O)N(CC(=O)NCCOC1OC(CO)C(O)C(O)C1O)CC(=O)NCCOC1OC(CO)C(O)C(O)C1O. The van der Waals surface area contributed by atoms with Gasteiger partial charge in [-0.05, 0) is 19.4 Å². The van der Waals surface area contributed by atoms with Gasteiger partial charge in [-0.15, -0.1) is 0 Å². The van der Waals surface area contributed by atoms with Crippen LogP contribution in [-0.4, -0.2) is 261 Å². The van der Waals surface area contributed by atoms with E-state index in [1.807, 2.05) is 0 Å². The molecule has 3 amide bonds. The lowest BCUT2D eigenvalue weighted by Crippen LogP contribution is -2.59. The molecule has 26 heteroatoms. The molecule has 3 aliphatic heterocycles. The molecule has 0 aromatic heterocycles. The van der Waals surface area contributed by atoms with Gasteiger partial charge in [0.25, 0.3) is 0 Å². The Morgan fingerprint density at radius 3 is 1.22 bits per heavy atom. The second-order valence-corrected chi connectivity index (χ2v) is 14.4. The maximum atomic E-state index is 13.7. The number of unbranched alkanes of at least 4 members (excludes halogenated alkanes) is 1. The molecule has 15 unspecified atom stereocenters. The molecule has 0 radical (unpaired) electrons. The van der Waals surface area contributed by atoms with Crippen LogP contribution in [0.4, 0.5) is 0 Å². The van der Waals surface area contributed by atoms with E-state index in [2.05, 4.69) is 16.0 Å². The standard InChI is InChI=1S/C34H63N5O21/c35-4-2-1-3-16(31(54)38-7-10-57-34-30(53)27(50)24(47)19(15-42)60-34)39(11-20(43)36-5-8-55-32-28(51)25(48)22(45)17(13-40)58-32)12-21(44)37-6-9-56-33-29(52)26(49)23(46)18(14-41)59-33/h16-19,22-30,32-34,40-42,45-53H,1-15,35H2,(H,36,43)(H,37,44)(H,38,54)/t16-,17?,18?,19?,22?,23?,24?,25?,26?,27?,28?,29?,30?,32?,33?,34?/m0/s1. The van der Waals surface area contributed by atoms with Crippen molar-refractivity contribution < 1.29 is 104 Å². The van der Waals surface area contributed by atoms with Crippen LogP contribution in [0.3, 0.4) is 0 Å². The van der Waals surface area contributed by atoms with E-state index in [1.54, 1.807) is 0 Å². The Morgan fingerprint density at radius 1 is 0.533 bits per heavy atom. The van der Waals surface area contributed by atoms with Crippen LogP contribution >= 0.6 is 0 Å². The number of hydrogen-bond acceptors (Lipinski definition) is 23. The Kier molecular flexibility index (Phi) is 22.8. The van der Waals surface area contributed by atoms with Gasteiger partial charge in [0.1, 0.15) is 73.2 Å². The minimum absolute atomic E-state index is 0.109. The first kappa shape index (κ1) is 52.0. The minimum Gasteiger partial charge on any atom is -0.394 e. The molecule has 26 nitrogen and oxygen atoms in total.